The second-order valence-corrected chi connectivity index (χ2v) is 8.97. The smallest absolute Gasteiger partial charge is 0.390 e. The molecule has 1 aliphatic rings. The van der Waals surface area contributed by atoms with Crippen molar-refractivity contribution in [2.75, 3.05) is 45.7 Å². The summed E-state index contributed by atoms with van der Waals surface area (Å²) in [6.45, 7) is 6.16. The van der Waals surface area contributed by atoms with Gasteiger partial charge in [-0.25, -0.2) is 0 Å². The molecule has 0 radical (unpaired) electrons. The third-order valence-corrected chi connectivity index (χ3v) is 6.02. The first-order chi connectivity index (χ1) is 15.9. The lowest BCUT2D eigenvalue weighted by atomic mass is 10.0. The third kappa shape index (κ3) is 8.16. The van der Waals surface area contributed by atoms with Crippen LogP contribution in [0.4, 0.5) is 18.9 Å². The number of anilines is 1. The molecule has 0 saturated carbocycles. The number of carbonyl (C=O) groups is 2. The summed E-state index contributed by atoms with van der Waals surface area (Å²) in [5, 5.41) is 2.78. The Morgan fingerprint density at radius 3 is 2.59 bits per heavy atom. The molecule has 0 fully saturated rings. The maximum atomic E-state index is 13.2. The van der Waals surface area contributed by atoms with Crippen LogP contribution in [0.25, 0.3) is 0 Å². The molecule has 0 saturated heterocycles. The van der Waals surface area contributed by atoms with Crippen LogP contribution in [-0.2, 0) is 9.53 Å². The van der Waals surface area contributed by atoms with Gasteiger partial charge < -0.3 is 19.7 Å². The number of benzene rings is 1. The number of alkyl halides is 3. The molecular weight excluding hydrogens is 451 g/mol. The summed E-state index contributed by atoms with van der Waals surface area (Å²) in [5.74, 6) is -0.261. The standard InChI is InChI=1S/C24H36F3N3O4/c1-6-7-22(31)28-18-8-9-19-20(12-18)34-15-17(3)30(11-10-24(25,26)27)13-16(2)21(33-5)14-29(4)23(19)32/h8-9,12,16-17,21H,6-7,10-11,13-15H2,1-5H3,(H,28,31)/t16-,17+,21+/m0/s1. The van der Waals surface area contributed by atoms with Crippen LogP contribution in [0.2, 0.25) is 0 Å². The number of amides is 2. The van der Waals surface area contributed by atoms with Gasteiger partial charge in [-0.05, 0) is 31.4 Å². The van der Waals surface area contributed by atoms with E-state index in [1.54, 1.807) is 37.1 Å². The van der Waals surface area contributed by atoms with Crippen molar-refractivity contribution in [3.8, 4) is 5.75 Å². The Hall–Kier alpha value is -2.33. The highest BCUT2D eigenvalue weighted by atomic mass is 19.4. The molecule has 0 unspecified atom stereocenters. The molecule has 7 nitrogen and oxygen atoms in total. The zero-order valence-electron chi connectivity index (χ0n) is 20.6. The number of nitrogens with one attached hydrogen (secondary N) is 1. The minimum atomic E-state index is -4.26. The van der Waals surface area contributed by atoms with Gasteiger partial charge in [0.05, 0.1) is 18.1 Å². The third-order valence-electron chi connectivity index (χ3n) is 6.02. The Morgan fingerprint density at radius 1 is 1.26 bits per heavy atom. The Labute approximate surface area is 199 Å². The number of rotatable bonds is 6. The molecule has 2 amide bonds. The zero-order valence-corrected chi connectivity index (χ0v) is 20.6. The SMILES string of the molecule is CCCC(=O)Nc1ccc2c(c1)OC[C@@H](C)N(CCC(F)(F)F)C[C@H](C)[C@H](OC)CN(C)C2=O. The summed E-state index contributed by atoms with van der Waals surface area (Å²) < 4.78 is 50.5. The van der Waals surface area contributed by atoms with Gasteiger partial charge in [0.1, 0.15) is 12.4 Å². The van der Waals surface area contributed by atoms with Gasteiger partial charge in [-0.3, -0.25) is 14.5 Å². The van der Waals surface area contributed by atoms with Gasteiger partial charge in [-0.1, -0.05) is 13.8 Å². The van der Waals surface area contributed by atoms with Crippen molar-refractivity contribution in [3.05, 3.63) is 23.8 Å². The highest BCUT2D eigenvalue weighted by Gasteiger charge is 2.32. The predicted molar refractivity (Wildman–Crippen MR) is 124 cm³/mol. The van der Waals surface area contributed by atoms with E-state index in [0.29, 0.717) is 30.6 Å². The van der Waals surface area contributed by atoms with Crippen molar-refractivity contribution in [1.82, 2.24) is 9.80 Å². The summed E-state index contributed by atoms with van der Waals surface area (Å²) in [6, 6.07) is 4.48. The topological polar surface area (TPSA) is 71.1 Å². The van der Waals surface area contributed by atoms with Crippen LogP contribution in [-0.4, -0.2) is 80.3 Å². The van der Waals surface area contributed by atoms with Gasteiger partial charge in [-0.2, -0.15) is 13.2 Å². The second kappa shape index (κ2) is 12.4. The monoisotopic (exact) mass is 487 g/mol. The lowest BCUT2D eigenvalue weighted by Gasteiger charge is -2.36. The number of methoxy groups -OCH3 is 1. The molecule has 1 heterocycles. The maximum Gasteiger partial charge on any atom is 0.390 e. The fourth-order valence-corrected chi connectivity index (χ4v) is 3.96. The Kier molecular flexibility index (Phi) is 10.2. The zero-order chi connectivity index (χ0) is 25.5. The Bertz CT molecular complexity index is 834. The van der Waals surface area contributed by atoms with E-state index in [2.05, 4.69) is 5.32 Å². The molecule has 2 rings (SSSR count). The number of halogens is 3. The molecule has 0 aromatic heterocycles. The van der Waals surface area contributed by atoms with Crippen molar-refractivity contribution < 1.29 is 32.2 Å². The number of hydrogen-bond acceptors (Lipinski definition) is 5. The average molecular weight is 488 g/mol. The van der Waals surface area contributed by atoms with Crippen LogP contribution in [0, 0.1) is 5.92 Å². The van der Waals surface area contributed by atoms with Crippen LogP contribution in [0.15, 0.2) is 18.2 Å². The lowest BCUT2D eigenvalue weighted by molar-refractivity contribution is -0.140. The molecule has 192 valence electrons. The van der Waals surface area contributed by atoms with Crippen molar-refractivity contribution >= 4 is 17.5 Å². The average Bonchev–Trinajstić information content (AvgIpc) is 2.76. The molecular formula is C24H36F3N3O4. The van der Waals surface area contributed by atoms with Crippen LogP contribution in [0.5, 0.6) is 5.75 Å². The van der Waals surface area contributed by atoms with Crippen LogP contribution in [0.3, 0.4) is 0 Å². The highest BCUT2D eigenvalue weighted by molar-refractivity contribution is 5.98. The van der Waals surface area contributed by atoms with E-state index in [9.17, 15) is 22.8 Å². The fraction of sp³-hybridized carbons (Fsp3) is 0.667. The predicted octanol–water partition coefficient (Wildman–Crippen LogP) is 4.18. The number of likely N-dealkylation sites (N-methyl/N-ethyl adjacent to an activating group) is 1. The first-order valence-corrected chi connectivity index (χ1v) is 11.6. The van der Waals surface area contributed by atoms with E-state index in [-0.39, 0.29) is 55.3 Å². The molecule has 1 aliphatic heterocycles. The molecule has 34 heavy (non-hydrogen) atoms. The van der Waals surface area contributed by atoms with Gasteiger partial charge >= 0.3 is 6.18 Å². The molecule has 3 atom stereocenters. The summed E-state index contributed by atoms with van der Waals surface area (Å²) in [4.78, 5) is 28.5. The van der Waals surface area contributed by atoms with Gasteiger partial charge in [-0.15, -0.1) is 0 Å². The summed E-state index contributed by atoms with van der Waals surface area (Å²) in [6.07, 6.45) is -4.49. The van der Waals surface area contributed by atoms with Crippen molar-refractivity contribution in [2.24, 2.45) is 5.92 Å². The van der Waals surface area contributed by atoms with Gasteiger partial charge in [0.2, 0.25) is 5.91 Å². The van der Waals surface area contributed by atoms with Gasteiger partial charge in [0, 0.05) is 58.0 Å². The van der Waals surface area contributed by atoms with E-state index in [4.69, 9.17) is 9.47 Å². The second-order valence-electron chi connectivity index (χ2n) is 8.97. The molecule has 1 aromatic rings. The van der Waals surface area contributed by atoms with Crippen LogP contribution < -0.4 is 10.1 Å². The van der Waals surface area contributed by atoms with Crippen LogP contribution >= 0.6 is 0 Å². The van der Waals surface area contributed by atoms with Crippen molar-refractivity contribution in [2.45, 2.75) is 58.4 Å². The largest absolute Gasteiger partial charge is 0.491 e. The Balaban J connectivity index is 2.37. The lowest BCUT2D eigenvalue weighted by Crippen LogP contribution is -2.47. The van der Waals surface area contributed by atoms with E-state index in [0.717, 1.165) is 0 Å². The minimum absolute atomic E-state index is 0.0819. The number of hydrogen-bond donors (Lipinski definition) is 1. The molecule has 0 aliphatic carbocycles. The molecule has 0 bridgehead atoms. The maximum absolute atomic E-state index is 13.2. The number of fused-ring (bicyclic) bond motifs is 1. The van der Waals surface area contributed by atoms with E-state index in [1.165, 1.54) is 12.0 Å². The van der Waals surface area contributed by atoms with E-state index in [1.807, 2.05) is 13.8 Å². The van der Waals surface area contributed by atoms with Crippen molar-refractivity contribution in [3.63, 3.8) is 0 Å². The number of ether oxygens (including phenoxy) is 2. The summed E-state index contributed by atoms with van der Waals surface area (Å²) >= 11 is 0. The first kappa shape index (κ1) is 27.9. The number of nitrogens with zero attached hydrogens (tertiary/aromatic N) is 2. The molecule has 1 aromatic carbocycles. The Morgan fingerprint density at radius 2 is 1.97 bits per heavy atom. The normalized spacial score (nSPS) is 22.9. The van der Waals surface area contributed by atoms with Gasteiger partial charge in [0.15, 0.2) is 0 Å². The first-order valence-electron chi connectivity index (χ1n) is 11.6. The molecule has 0 spiro atoms. The van der Waals surface area contributed by atoms with Crippen molar-refractivity contribution in [1.29, 1.82) is 0 Å². The number of carbonyl (C=O) groups excluding carboxylic acids is 2. The van der Waals surface area contributed by atoms with Gasteiger partial charge in [0.25, 0.3) is 5.91 Å². The molecule has 10 heteroatoms. The summed E-state index contributed by atoms with van der Waals surface area (Å²) in [5.41, 5.74) is 0.804. The van der Waals surface area contributed by atoms with Crippen LogP contribution in [0.1, 0.15) is 50.4 Å². The highest BCUT2D eigenvalue weighted by Crippen LogP contribution is 2.27. The molecule has 1 N–H and O–H groups in total. The van der Waals surface area contributed by atoms with E-state index < -0.39 is 12.6 Å². The fourth-order valence-electron chi connectivity index (χ4n) is 3.96. The quantitative estimate of drug-likeness (QED) is 0.652. The minimum Gasteiger partial charge on any atom is -0.491 e. The van der Waals surface area contributed by atoms with E-state index >= 15 is 0 Å². The summed E-state index contributed by atoms with van der Waals surface area (Å²) in [7, 11) is 3.19.